The van der Waals surface area contributed by atoms with Crippen LogP contribution in [0.25, 0.3) is 0 Å². The number of nitrogens with one attached hydrogen (secondary N) is 1. The van der Waals surface area contributed by atoms with Crippen molar-refractivity contribution in [2.75, 3.05) is 18.5 Å². The Morgan fingerprint density at radius 2 is 2.00 bits per heavy atom. The van der Waals surface area contributed by atoms with Crippen LogP contribution in [0.15, 0.2) is 71.7 Å². The van der Waals surface area contributed by atoms with Crippen molar-refractivity contribution in [2.24, 2.45) is 0 Å². The SMILES string of the molecule is CCOc1ccccc1CN(CCCn1ccnc1)C(=O)Nc1ccc(Br)cc1. The Kier molecular flexibility index (Phi) is 7.69. The first-order chi connectivity index (χ1) is 14.2. The number of carbonyl (C=O) groups is 1. The van der Waals surface area contributed by atoms with Crippen molar-refractivity contribution in [1.29, 1.82) is 0 Å². The lowest BCUT2D eigenvalue weighted by molar-refractivity contribution is 0.206. The zero-order valence-electron chi connectivity index (χ0n) is 16.4. The van der Waals surface area contributed by atoms with Crippen molar-refractivity contribution in [3.05, 3.63) is 77.3 Å². The molecule has 1 heterocycles. The van der Waals surface area contributed by atoms with Crippen LogP contribution < -0.4 is 10.1 Å². The molecule has 3 rings (SSSR count). The average Bonchev–Trinajstić information content (AvgIpc) is 3.24. The number of amides is 2. The number of carbonyl (C=O) groups excluding carboxylic acids is 1. The molecule has 1 N–H and O–H groups in total. The minimum atomic E-state index is -0.135. The maximum Gasteiger partial charge on any atom is 0.322 e. The number of nitrogens with zero attached hydrogens (tertiary/aromatic N) is 3. The second kappa shape index (κ2) is 10.7. The summed E-state index contributed by atoms with van der Waals surface area (Å²) < 4.78 is 8.72. The van der Waals surface area contributed by atoms with Gasteiger partial charge in [-0.1, -0.05) is 34.1 Å². The summed E-state index contributed by atoms with van der Waals surface area (Å²) in [5.41, 5.74) is 1.75. The molecule has 2 aromatic carbocycles. The Balaban J connectivity index is 1.71. The zero-order valence-corrected chi connectivity index (χ0v) is 18.0. The van der Waals surface area contributed by atoms with E-state index >= 15 is 0 Å². The molecule has 0 aliphatic rings. The molecular weight excluding hydrogens is 432 g/mol. The van der Waals surface area contributed by atoms with Crippen LogP contribution in [0.5, 0.6) is 5.75 Å². The number of anilines is 1. The predicted molar refractivity (Wildman–Crippen MR) is 118 cm³/mol. The summed E-state index contributed by atoms with van der Waals surface area (Å²) >= 11 is 3.42. The minimum Gasteiger partial charge on any atom is -0.494 e. The van der Waals surface area contributed by atoms with Gasteiger partial charge in [-0.05, 0) is 43.7 Å². The van der Waals surface area contributed by atoms with Gasteiger partial charge in [0.1, 0.15) is 5.75 Å². The average molecular weight is 457 g/mol. The van der Waals surface area contributed by atoms with E-state index < -0.39 is 0 Å². The van der Waals surface area contributed by atoms with Gasteiger partial charge < -0.3 is 19.5 Å². The summed E-state index contributed by atoms with van der Waals surface area (Å²) in [5, 5.41) is 2.99. The van der Waals surface area contributed by atoms with Crippen LogP contribution in [0, 0.1) is 0 Å². The Hall–Kier alpha value is -2.80. The molecule has 0 saturated heterocycles. The van der Waals surface area contributed by atoms with E-state index in [1.54, 1.807) is 12.5 Å². The third-order valence-electron chi connectivity index (χ3n) is 4.42. The number of hydrogen-bond acceptors (Lipinski definition) is 3. The van der Waals surface area contributed by atoms with Crippen LogP contribution in [0.1, 0.15) is 18.9 Å². The number of hydrogen-bond donors (Lipinski definition) is 1. The van der Waals surface area contributed by atoms with Crippen molar-refractivity contribution >= 4 is 27.6 Å². The topological polar surface area (TPSA) is 59.4 Å². The number of ether oxygens (including phenoxy) is 1. The summed E-state index contributed by atoms with van der Waals surface area (Å²) in [6, 6.07) is 15.3. The van der Waals surface area contributed by atoms with E-state index in [9.17, 15) is 4.79 Å². The smallest absolute Gasteiger partial charge is 0.322 e. The van der Waals surface area contributed by atoms with Gasteiger partial charge in [0, 0.05) is 41.2 Å². The third-order valence-corrected chi connectivity index (χ3v) is 4.95. The maximum absolute atomic E-state index is 13.0. The predicted octanol–water partition coefficient (Wildman–Crippen LogP) is 5.17. The van der Waals surface area contributed by atoms with Crippen molar-refractivity contribution in [3.63, 3.8) is 0 Å². The molecule has 1 aromatic heterocycles. The molecule has 7 heteroatoms. The molecule has 2 amide bonds. The van der Waals surface area contributed by atoms with Gasteiger partial charge in [0.15, 0.2) is 0 Å². The van der Waals surface area contributed by atoms with Gasteiger partial charge in [0.2, 0.25) is 0 Å². The summed E-state index contributed by atoms with van der Waals surface area (Å²) in [6.07, 6.45) is 6.30. The summed E-state index contributed by atoms with van der Waals surface area (Å²) in [7, 11) is 0. The molecule has 152 valence electrons. The fraction of sp³-hybridized carbons (Fsp3) is 0.273. The molecule has 0 aliphatic heterocycles. The lowest BCUT2D eigenvalue weighted by Crippen LogP contribution is -2.35. The van der Waals surface area contributed by atoms with Crippen LogP contribution in [0.2, 0.25) is 0 Å². The van der Waals surface area contributed by atoms with Gasteiger partial charge in [-0.2, -0.15) is 0 Å². The molecule has 0 aliphatic carbocycles. The second-order valence-corrected chi connectivity index (χ2v) is 7.47. The monoisotopic (exact) mass is 456 g/mol. The summed E-state index contributed by atoms with van der Waals surface area (Å²) in [6.45, 7) is 4.43. The Morgan fingerprint density at radius 1 is 1.21 bits per heavy atom. The molecule has 0 unspecified atom stereocenters. The Labute approximate surface area is 179 Å². The highest BCUT2D eigenvalue weighted by atomic mass is 79.9. The first kappa shape index (κ1) is 20.9. The largest absolute Gasteiger partial charge is 0.494 e. The lowest BCUT2D eigenvalue weighted by Gasteiger charge is -2.24. The van der Waals surface area contributed by atoms with E-state index in [2.05, 4.69) is 26.2 Å². The van der Waals surface area contributed by atoms with Crippen LogP contribution in [-0.2, 0) is 13.1 Å². The lowest BCUT2D eigenvalue weighted by atomic mass is 10.2. The van der Waals surface area contributed by atoms with Crippen molar-refractivity contribution in [2.45, 2.75) is 26.4 Å². The van der Waals surface area contributed by atoms with Gasteiger partial charge in [-0.3, -0.25) is 0 Å². The first-order valence-electron chi connectivity index (χ1n) is 9.63. The highest BCUT2D eigenvalue weighted by Gasteiger charge is 2.16. The number of benzene rings is 2. The van der Waals surface area contributed by atoms with E-state index in [0.717, 1.165) is 34.4 Å². The summed E-state index contributed by atoms with van der Waals surface area (Å²) in [4.78, 5) is 18.9. The second-order valence-electron chi connectivity index (χ2n) is 6.55. The number of aryl methyl sites for hydroxylation is 1. The summed E-state index contributed by atoms with van der Waals surface area (Å²) in [5.74, 6) is 0.811. The van der Waals surface area contributed by atoms with E-state index in [4.69, 9.17) is 4.74 Å². The molecule has 0 fully saturated rings. The standard InChI is InChI=1S/C22H25BrN4O2/c1-2-29-21-7-4-3-6-18(21)16-27(14-5-13-26-15-12-24-17-26)22(28)25-20-10-8-19(23)9-11-20/h3-4,6-12,15,17H,2,5,13-14,16H2,1H3,(H,25,28). The fourth-order valence-electron chi connectivity index (χ4n) is 2.99. The van der Waals surface area contributed by atoms with Gasteiger partial charge >= 0.3 is 6.03 Å². The van der Waals surface area contributed by atoms with Gasteiger partial charge in [0.05, 0.1) is 19.5 Å². The molecule has 0 spiro atoms. The van der Waals surface area contributed by atoms with Gasteiger partial charge in [-0.15, -0.1) is 0 Å². The molecule has 6 nitrogen and oxygen atoms in total. The number of urea groups is 1. The molecule has 0 radical (unpaired) electrons. The van der Waals surface area contributed by atoms with Gasteiger partial charge in [0.25, 0.3) is 0 Å². The normalized spacial score (nSPS) is 10.6. The molecular formula is C22H25BrN4O2. The number of halogens is 1. The number of para-hydroxylation sites is 1. The number of aromatic nitrogens is 2. The number of imidazole rings is 1. The van der Waals surface area contributed by atoms with E-state index in [1.807, 2.05) is 71.1 Å². The minimum absolute atomic E-state index is 0.135. The van der Waals surface area contributed by atoms with Crippen LogP contribution >= 0.6 is 15.9 Å². The van der Waals surface area contributed by atoms with Crippen LogP contribution in [0.3, 0.4) is 0 Å². The third kappa shape index (κ3) is 6.35. The Morgan fingerprint density at radius 3 is 2.72 bits per heavy atom. The zero-order chi connectivity index (χ0) is 20.5. The quantitative estimate of drug-likeness (QED) is 0.483. The molecule has 0 atom stereocenters. The van der Waals surface area contributed by atoms with Crippen LogP contribution in [0.4, 0.5) is 10.5 Å². The highest BCUT2D eigenvalue weighted by Crippen LogP contribution is 2.21. The van der Waals surface area contributed by atoms with E-state index in [0.29, 0.717) is 19.7 Å². The fourth-order valence-corrected chi connectivity index (χ4v) is 3.25. The van der Waals surface area contributed by atoms with Crippen molar-refractivity contribution in [3.8, 4) is 5.75 Å². The molecule has 3 aromatic rings. The molecule has 29 heavy (non-hydrogen) atoms. The van der Waals surface area contributed by atoms with E-state index in [-0.39, 0.29) is 6.03 Å². The molecule has 0 saturated carbocycles. The highest BCUT2D eigenvalue weighted by molar-refractivity contribution is 9.10. The van der Waals surface area contributed by atoms with Gasteiger partial charge in [-0.25, -0.2) is 9.78 Å². The Bertz CT molecular complexity index is 897. The van der Waals surface area contributed by atoms with E-state index in [1.165, 1.54) is 0 Å². The van der Waals surface area contributed by atoms with Crippen LogP contribution in [-0.4, -0.2) is 33.6 Å². The molecule has 0 bridgehead atoms. The maximum atomic E-state index is 13.0. The van der Waals surface area contributed by atoms with Crippen molar-refractivity contribution in [1.82, 2.24) is 14.5 Å². The van der Waals surface area contributed by atoms with Crippen molar-refractivity contribution < 1.29 is 9.53 Å². The first-order valence-corrected chi connectivity index (χ1v) is 10.4. The number of rotatable bonds is 9.